The third-order valence-corrected chi connectivity index (χ3v) is 2.64. The molecule has 0 aliphatic rings. The van der Waals surface area contributed by atoms with Crippen LogP contribution in [-0.4, -0.2) is 5.91 Å². The first-order valence-corrected chi connectivity index (χ1v) is 5.04. The number of nitrogens with two attached hydrogens (primary N) is 1. The lowest BCUT2D eigenvalue weighted by Crippen LogP contribution is -2.14. The van der Waals surface area contributed by atoms with Crippen molar-refractivity contribution in [2.24, 2.45) is 5.73 Å². The second-order valence-corrected chi connectivity index (χ2v) is 3.54. The van der Waals surface area contributed by atoms with Gasteiger partial charge in [0.15, 0.2) is 0 Å². The Morgan fingerprint density at radius 2 is 1.93 bits per heavy atom. The van der Waals surface area contributed by atoms with Gasteiger partial charge in [0.2, 0.25) is 5.91 Å². The Labute approximate surface area is 88.7 Å². The molecule has 15 heavy (non-hydrogen) atoms. The minimum absolute atomic E-state index is 0.344. The molecule has 2 aromatic carbocycles. The molecule has 0 spiro atoms. The van der Waals surface area contributed by atoms with Gasteiger partial charge in [0, 0.05) is 0 Å². The standard InChI is InChI=1S/C13H13NO/c1-2-9-7-8-10-5-3-4-6-11(10)12(9)13(14)15/h3-8H,2H2,1H3,(H2,14,15). The van der Waals surface area contributed by atoms with Gasteiger partial charge in [0.25, 0.3) is 0 Å². The van der Waals surface area contributed by atoms with E-state index in [0.29, 0.717) is 5.56 Å². The van der Waals surface area contributed by atoms with E-state index in [1.54, 1.807) is 0 Å². The van der Waals surface area contributed by atoms with E-state index >= 15 is 0 Å². The molecule has 1 amide bonds. The Kier molecular flexibility index (Phi) is 2.42. The minimum Gasteiger partial charge on any atom is -0.366 e. The van der Waals surface area contributed by atoms with Crippen molar-refractivity contribution < 1.29 is 4.79 Å². The van der Waals surface area contributed by atoms with Gasteiger partial charge in [-0.25, -0.2) is 0 Å². The Morgan fingerprint density at radius 1 is 1.20 bits per heavy atom. The fourth-order valence-electron chi connectivity index (χ4n) is 1.90. The van der Waals surface area contributed by atoms with Crippen LogP contribution in [0.15, 0.2) is 36.4 Å². The summed E-state index contributed by atoms with van der Waals surface area (Å²) in [6, 6.07) is 11.8. The van der Waals surface area contributed by atoms with Crippen molar-refractivity contribution in [1.29, 1.82) is 0 Å². The first-order valence-electron chi connectivity index (χ1n) is 5.04. The fourth-order valence-corrected chi connectivity index (χ4v) is 1.90. The Morgan fingerprint density at radius 3 is 2.60 bits per heavy atom. The summed E-state index contributed by atoms with van der Waals surface area (Å²) in [6.07, 6.45) is 0.823. The molecule has 2 nitrogen and oxygen atoms in total. The molecular weight excluding hydrogens is 186 g/mol. The van der Waals surface area contributed by atoms with E-state index in [-0.39, 0.29) is 5.91 Å². The molecule has 0 atom stereocenters. The monoisotopic (exact) mass is 199 g/mol. The number of carbonyl (C=O) groups is 1. The molecule has 2 rings (SSSR count). The molecular formula is C13H13NO. The number of carbonyl (C=O) groups excluding carboxylic acids is 1. The maximum Gasteiger partial charge on any atom is 0.249 e. The predicted octanol–water partition coefficient (Wildman–Crippen LogP) is 2.50. The van der Waals surface area contributed by atoms with Crippen LogP contribution in [-0.2, 0) is 6.42 Å². The van der Waals surface area contributed by atoms with Gasteiger partial charge in [-0.2, -0.15) is 0 Å². The third kappa shape index (κ3) is 1.59. The number of hydrogen-bond acceptors (Lipinski definition) is 1. The summed E-state index contributed by atoms with van der Waals surface area (Å²) in [6.45, 7) is 2.02. The van der Waals surface area contributed by atoms with Crippen LogP contribution in [0.1, 0.15) is 22.8 Å². The van der Waals surface area contributed by atoms with Crippen molar-refractivity contribution in [1.82, 2.24) is 0 Å². The molecule has 2 heteroatoms. The van der Waals surface area contributed by atoms with Gasteiger partial charge in [-0.15, -0.1) is 0 Å². The highest BCUT2D eigenvalue weighted by molar-refractivity contribution is 6.07. The van der Waals surface area contributed by atoms with Gasteiger partial charge in [0.05, 0.1) is 5.56 Å². The summed E-state index contributed by atoms with van der Waals surface area (Å²) in [5, 5.41) is 2.01. The second kappa shape index (κ2) is 3.73. The van der Waals surface area contributed by atoms with Crippen LogP contribution in [0.25, 0.3) is 10.8 Å². The average Bonchev–Trinajstić information content (AvgIpc) is 2.27. The van der Waals surface area contributed by atoms with Crippen molar-refractivity contribution in [2.45, 2.75) is 13.3 Å². The molecule has 0 aliphatic heterocycles. The van der Waals surface area contributed by atoms with Gasteiger partial charge >= 0.3 is 0 Å². The molecule has 0 fully saturated rings. The number of rotatable bonds is 2. The van der Waals surface area contributed by atoms with Crippen LogP contribution >= 0.6 is 0 Å². The molecule has 0 heterocycles. The van der Waals surface area contributed by atoms with E-state index in [4.69, 9.17) is 5.73 Å². The summed E-state index contributed by atoms with van der Waals surface area (Å²) >= 11 is 0. The van der Waals surface area contributed by atoms with Gasteiger partial charge in [-0.1, -0.05) is 43.3 Å². The van der Waals surface area contributed by atoms with Crippen molar-refractivity contribution in [3.05, 3.63) is 47.5 Å². The van der Waals surface area contributed by atoms with Crippen LogP contribution in [0.3, 0.4) is 0 Å². The van der Waals surface area contributed by atoms with Crippen LogP contribution in [0.2, 0.25) is 0 Å². The van der Waals surface area contributed by atoms with Crippen LogP contribution in [0.4, 0.5) is 0 Å². The van der Waals surface area contributed by atoms with Crippen LogP contribution in [0.5, 0.6) is 0 Å². The third-order valence-electron chi connectivity index (χ3n) is 2.64. The smallest absolute Gasteiger partial charge is 0.249 e. The first-order chi connectivity index (χ1) is 7.24. The van der Waals surface area contributed by atoms with Crippen LogP contribution < -0.4 is 5.73 Å². The molecule has 2 N–H and O–H groups in total. The van der Waals surface area contributed by atoms with E-state index in [0.717, 1.165) is 22.8 Å². The van der Waals surface area contributed by atoms with Crippen molar-refractivity contribution in [3.63, 3.8) is 0 Å². The topological polar surface area (TPSA) is 43.1 Å². The quantitative estimate of drug-likeness (QED) is 0.793. The molecule has 0 bridgehead atoms. The van der Waals surface area contributed by atoms with Crippen molar-refractivity contribution in [3.8, 4) is 0 Å². The maximum atomic E-state index is 11.4. The van der Waals surface area contributed by atoms with Crippen LogP contribution in [0, 0.1) is 0 Å². The molecule has 0 unspecified atom stereocenters. The number of fused-ring (bicyclic) bond motifs is 1. The second-order valence-electron chi connectivity index (χ2n) is 3.54. The van der Waals surface area contributed by atoms with E-state index < -0.39 is 0 Å². The molecule has 0 saturated heterocycles. The summed E-state index contributed by atoms with van der Waals surface area (Å²) < 4.78 is 0. The average molecular weight is 199 g/mol. The highest BCUT2D eigenvalue weighted by Crippen LogP contribution is 2.22. The predicted molar refractivity (Wildman–Crippen MR) is 61.8 cm³/mol. The van der Waals surface area contributed by atoms with E-state index in [1.165, 1.54) is 0 Å². The van der Waals surface area contributed by atoms with Crippen molar-refractivity contribution in [2.75, 3.05) is 0 Å². The zero-order valence-corrected chi connectivity index (χ0v) is 8.66. The summed E-state index contributed by atoms with van der Waals surface area (Å²) in [7, 11) is 0. The van der Waals surface area contributed by atoms with E-state index in [1.807, 2.05) is 43.3 Å². The van der Waals surface area contributed by atoms with Gasteiger partial charge in [-0.05, 0) is 22.8 Å². The zero-order chi connectivity index (χ0) is 10.8. The maximum absolute atomic E-state index is 11.4. The van der Waals surface area contributed by atoms with E-state index in [2.05, 4.69) is 0 Å². The molecule has 76 valence electrons. The fraction of sp³-hybridized carbons (Fsp3) is 0.154. The first kappa shape index (κ1) is 9.71. The normalized spacial score (nSPS) is 10.5. The Balaban J connectivity index is 2.85. The molecule has 0 saturated carbocycles. The molecule has 0 aromatic heterocycles. The van der Waals surface area contributed by atoms with Gasteiger partial charge in [0.1, 0.15) is 0 Å². The number of amides is 1. The SMILES string of the molecule is CCc1ccc2ccccc2c1C(N)=O. The lowest BCUT2D eigenvalue weighted by Gasteiger charge is -2.08. The van der Waals surface area contributed by atoms with Gasteiger partial charge in [-0.3, -0.25) is 4.79 Å². The number of hydrogen-bond donors (Lipinski definition) is 1. The summed E-state index contributed by atoms with van der Waals surface area (Å²) in [5.74, 6) is -0.344. The highest BCUT2D eigenvalue weighted by Gasteiger charge is 2.10. The zero-order valence-electron chi connectivity index (χ0n) is 8.66. The van der Waals surface area contributed by atoms with Crippen molar-refractivity contribution >= 4 is 16.7 Å². The number of benzene rings is 2. The summed E-state index contributed by atoms with van der Waals surface area (Å²) in [5.41, 5.74) is 7.09. The minimum atomic E-state index is -0.344. The lowest BCUT2D eigenvalue weighted by atomic mass is 9.97. The molecule has 2 aromatic rings. The molecule has 0 radical (unpaired) electrons. The number of aryl methyl sites for hydroxylation is 1. The summed E-state index contributed by atoms with van der Waals surface area (Å²) in [4.78, 5) is 11.4. The van der Waals surface area contributed by atoms with Gasteiger partial charge < -0.3 is 5.73 Å². The lowest BCUT2D eigenvalue weighted by molar-refractivity contribution is 0.100. The largest absolute Gasteiger partial charge is 0.366 e. The molecule has 0 aliphatic carbocycles. The Bertz CT molecular complexity index is 517. The Hall–Kier alpha value is -1.83. The van der Waals surface area contributed by atoms with E-state index in [9.17, 15) is 4.79 Å². The number of primary amides is 1. The highest BCUT2D eigenvalue weighted by atomic mass is 16.1.